The summed E-state index contributed by atoms with van der Waals surface area (Å²) >= 11 is 1.87. The van der Waals surface area contributed by atoms with Crippen LogP contribution in [0.3, 0.4) is 0 Å². The molecule has 0 radical (unpaired) electrons. The molecule has 5 rings (SSSR count). The Morgan fingerprint density at radius 2 is 1.00 bits per heavy atom. The molecule has 0 bridgehead atoms. The molecule has 0 aliphatic carbocycles. The molecule has 0 amide bonds. The Morgan fingerprint density at radius 1 is 0.560 bits per heavy atom. The summed E-state index contributed by atoms with van der Waals surface area (Å²) in [7, 11) is 3.42. The molecule has 0 saturated carbocycles. The lowest BCUT2D eigenvalue weighted by Gasteiger charge is -2.04. The zero-order valence-corrected chi connectivity index (χ0v) is 14.8. The lowest BCUT2D eigenvalue weighted by atomic mass is 10.0. The predicted molar refractivity (Wildman–Crippen MR) is 107 cm³/mol. The highest BCUT2D eigenvalue weighted by Crippen LogP contribution is 2.42. The van der Waals surface area contributed by atoms with Crippen molar-refractivity contribution >= 4 is 53.1 Å². The van der Waals surface area contributed by atoms with E-state index in [0.29, 0.717) is 0 Å². The Kier molecular flexibility index (Phi) is 3.12. The number of thiophene rings is 1. The van der Waals surface area contributed by atoms with Crippen LogP contribution in [-0.2, 0) is 0 Å². The van der Waals surface area contributed by atoms with E-state index in [1.54, 1.807) is 14.2 Å². The average molecular weight is 344 g/mol. The summed E-state index contributed by atoms with van der Waals surface area (Å²) in [5.74, 6) is 1.79. The van der Waals surface area contributed by atoms with Crippen LogP contribution in [0, 0.1) is 0 Å². The fourth-order valence-electron chi connectivity index (χ4n) is 3.56. The summed E-state index contributed by atoms with van der Waals surface area (Å²) in [5, 5.41) is 7.61. The summed E-state index contributed by atoms with van der Waals surface area (Å²) in [5.41, 5.74) is 0. The minimum Gasteiger partial charge on any atom is -0.497 e. The first-order valence-electron chi connectivity index (χ1n) is 8.18. The third kappa shape index (κ3) is 2.09. The summed E-state index contributed by atoms with van der Waals surface area (Å²) in [6, 6.07) is 21.4. The quantitative estimate of drug-likeness (QED) is 0.370. The Labute approximate surface area is 149 Å². The molecule has 122 valence electrons. The van der Waals surface area contributed by atoms with Gasteiger partial charge in [-0.05, 0) is 57.9 Å². The third-order valence-corrected chi connectivity index (χ3v) is 6.14. The topological polar surface area (TPSA) is 18.5 Å². The molecule has 0 aliphatic heterocycles. The maximum absolute atomic E-state index is 5.36. The third-order valence-electron chi connectivity index (χ3n) is 4.85. The monoisotopic (exact) mass is 344 g/mol. The second kappa shape index (κ2) is 5.36. The molecular formula is C22H16O2S. The maximum Gasteiger partial charge on any atom is 0.119 e. The average Bonchev–Trinajstić information content (AvgIpc) is 3.06. The number of methoxy groups -OCH3 is 2. The molecule has 0 saturated heterocycles. The number of rotatable bonds is 2. The van der Waals surface area contributed by atoms with Gasteiger partial charge in [-0.25, -0.2) is 0 Å². The predicted octanol–water partition coefficient (Wildman–Crippen LogP) is 6.38. The molecule has 4 aromatic carbocycles. The number of benzene rings is 4. The van der Waals surface area contributed by atoms with Gasteiger partial charge in [0.05, 0.1) is 14.2 Å². The standard InChI is InChI=1S/C22H16O2S/c1-23-15-5-9-17-13(11-15)3-7-19-20-8-4-14-12-16(24-2)6-10-18(14)22(20)25-21(17)19/h3-12H,1-2H3. The second-order valence-electron chi connectivity index (χ2n) is 6.16. The zero-order valence-electron chi connectivity index (χ0n) is 14.0. The lowest BCUT2D eigenvalue weighted by molar-refractivity contribution is 0.415. The van der Waals surface area contributed by atoms with Gasteiger partial charge in [0.1, 0.15) is 11.5 Å². The van der Waals surface area contributed by atoms with Crippen LogP contribution in [-0.4, -0.2) is 14.2 Å². The van der Waals surface area contributed by atoms with Crippen LogP contribution in [0.1, 0.15) is 0 Å². The van der Waals surface area contributed by atoms with Gasteiger partial charge >= 0.3 is 0 Å². The van der Waals surface area contributed by atoms with Gasteiger partial charge in [0.25, 0.3) is 0 Å². The van der Waals surface area contributed by atoms with Crippen LogP contribution in [0.5, 0.6) is 11.5 Å². The van der Waals surface area contributed by atoms with Gasteiger partial charge in [-0.1, -0.05) is 24.3 Å². The van der Waals surface area contributed by atoms with E-state index in [4.69, 9.17) is 9.47 Å². The van der Waals surface area contributed by atoms with E-state index in [0.717, 1.165) is 11.5 Å². The summed E-state index contributed by atoms with van der Waals surface area (Å²) in [6.45, 7) is 0. The van der Waals surface area contributed by atoms with Crippen molar-refractivity contribution in [3.63, 3.8) is 0 Å². The number of hydrogen-bond donors (Lipinski definition) is 0. The highest BCUT2D eigenvalue weighted by atomic mass is 32.1. The molecule has 3 heteroatoms. The molecule has 1 aromatic heterocycles. The van der Waals surface area contributed by atoms with Crippen LogP contribution in [0.4, 0.5) is 0 Å². The van der Waals surface area contributed by atoms with Crippen LogP contribution in [0.2, 0.25) is 0 Å². The van der Waals surface area contributed by atoms with Crippen molar-refractivity contribution in [2.75, 3.05) is 14.2 Å². The van der Waals surface area contributed by atoms with Crippen molar-refractivity contribution in [1.29, 1.82) is 0 Å². The molecular weight excluding hydrogens is 328 g/mol. The zero-order chi connectivity index (χ0) is 17.0. The van der Waals surface area contributed by atoms with Gasteiger partial charge in [-0.2, -0.15) is 0 Å². The Morgan fingerprint density at radius 3 is 1.44 bits per heavy atom. The van der Waals surface area contributed by atoms with E-state index >= 15 is 0 Å². The second-order valence-corrected chi connectivity index (χ2v) is 7.18. The molecule has 0 N–H and O–H groups in total. The fourth-order valence-corrected chi connectivity index (χ4v) is 4.93. The molecule has 25 heavy (non-hydrogen) atoms. The van der Waals surface area contributed by atoms with Crippen LogP contribution in [0.25, 0.3) is 41.7 Å². The van der Waals surface area contributed by atoms with Crippen molar-refractivity contribution in [2.24, 2.45) is 0 Å². The van der Waals surface area contributed by atoms with Gasteiger partial charge in [-0.3, -0.25) is 0 Å². The first-order valence-corrected chi connectivity index (χ1v) is 9.00. The van der Waals surface area contributed by atoms with E-state index in [1.165, 1.54) is 41.7 Å². The van der Waals surface area contributed by atoms with Crippen LogP contribution < -0.4 is 9.47 Å². The fraction of sp³-hybridized carbons (Fsp3) is 0.0909. The normalized spacial score (nSPS) is 11.6. The highest BCUT2D eigenvalue weighted by Gasteiger charge is 2.11. The molecule has 0 atom stereocenters. The first-order chi connectivity index (χ1) is 12.3. The van der Waals surface area contributed by atoms with Gasteiger partial charge in [0.2, 0.25) is 0 Å². The molecule has 0 fully saturated rings. The summed E-state index contributed by atoms with van der Waals surface area (Å²) < 4.78 is 13.4. The SMILES string of the molecule is COc1ccc2c(ccc3c4ccc5cc(OC)ccc5c4sc23)c1. The molecule has 0 spiro atoms. The molecule has 1 heterocycles. The number of fused-ring (bicyclic) bond motifs is 7. The number of ether oxygens (including phenoxy) is 2. The first kappa shape index (κ1) is 14.6. The van der Waals surface area contributed by atoms with Crippen molar-refractivity contribution in [3.8, 4) is 11.5 Å². The Balaban J connectivity index is 1.90. The number of hydrogen-bond acceptors (Lipinski definition) is 3. The van der Waals surface area contributed by atoms with E-state index in [9.17, 15) is 0 Å². The minimum atomic E-state index is 0.894. The van der Waals surface area contributed by atoms with Crippen molar-refractivity contribution in [1.82, 2.24) is 0 Å². The molecule has 2 nitrogen and oxygen atoms in total. The van der Waals surface area contributed by atoms with E-state index in [1.807, 2.05) is 23.5 Å². The summed E-state index contributed by atoms with van der Waals surface area (Å²) in [6.07, 6.45) is 0. The van der Waals surface area contributed by atoms with Gasteiger partial charge < -0.3 is 9.47 Å². The molecule has 0 aliphatic rings. The van der Waals surface area contributed by atoms with Crippen LogP contribution in [0.15, 0.2) is 60.7 Å². The van der Waals surface area contributed by atoms with Gasteiger partial charge in [-0.15, -0.1) is 11.3 Å². The largest absolute Gasteiger partial charge is 0.497 e. The lowest BCUT2D eigenvalue weighted by Crippen LogP contribution is -1.82. The van der Waals surface area contributed by atoms with Gasteiger partial charge in [0.15, 0.2) is 0 Å². The van der Waals surface area contributed by atoms with E-state index in [2.05, 4.69) is 48.5 Å². The van der Waals surface area contributed by atoms with Crippen LogP contribution >= 0.6 is 11.3 Å². The molecule has 0 unspecified atom stereocenters. The summed E-state index contributed by atoms with van der Waals surface area (Å²) in [4.78, 5) is 0. The van der Waals surface area contributed by atoms with Crippen molar-refractivity contribution < 1.29 is 9.47 Å². The van der Waals surface area contributed by atoms with E-state index < -0.39 is 0 Å². The molecule has 5 aromatic rings. The Hall–Kier alpha value is -2.78. The Bertz CT molecular complexity index is 1170. The van der Waals surface area contributed by atoms with Crippen molar-refractivity contribution in [3.05, 3.63) is 60.7 Å². The van der Waals surface area contributed by atoms with E-state index in [-0.39, 0.29) is 0 Å². The van der Waals surface area contributed by atoms with Crippen molar-refractivity contribution in [2.45, 2.75) is 0 Å². The van der Waals surface area contributed by atoms with Gasteiger partial charge in [0, 0.05) is 20.2 Å². The highest BCUT2D eigenvalue weighted by molar-refractivity contribution is 7.27. The minimum absolute atomic E-state index is 0.894. The maximum atomic E-state index is 5.36. The smallest absolute Gasteiger partial charge is 0.119 e.